The maximum absolute atomic E-state index is 13.8. The standard InChI is InChI=1S/C23H32N3O5PS2/c1-16-14-26(23(29)24-21(16)27)20-13-19(17(2)30-20)31-32(25-11-7-8-12-25)34(3,15-33)22(28)18-9-5-4-6-10-18/h4-6,9-10,14,17,19-20,33H,7-8,11-13,15H2,1-3H3,(H,24,27,29)/t17-,19?,20-,32?/m1/s1/i2D. The van der Waals surface area contributed by atoms with E-state index in [1.165, 1.54) is 10.8 Å². The smallest absolute Gasteiger partial charge is 0.330 e. The average molecular weight is 527 g/mol. The molecule has 34 heavy (non-hydrogen) atoms. The lowest BCUT2D eigenvalue weighted by Gasteiger charge is -2.44. The Kier molecular flexibility index (Phi) is 7.63. The van der Waals surface area contributed by atoms with Gasteiger partial charge in [-0.25, -0.2) is 4.79 Å². The summed E-state index contributed by atoms with van der Waals surface area (Å²) in [6.07, 6.45) is 4.25. The predicted molar refractivity (Wildman–Crippen MR) is 141 cm³/mol. The minimum absolute atomic E-state index is 0.0407. The molecule has 3 unspecified atom stereocenters. The van der Waals surface area contributed by atoms with Crippen LogP contribution < -0.4 is 11.2 Å². The molecule has 2 aliphatic rings. The molecule has 8 nitrogen and oxygen atoms in total. The second kappa shape index (κ2) is 10.7. The largest absolute Gasteiger partial charge is 0.352 e. The molecule has 11 heteroatoms. The van der Waals surface area contributed by atoms with Crippen LogP contribution in [0.2, 0.25) is 0 Å². The van der Waals surface area contributed by atoms with Crippen LogP contribution in [0.4, 0.5) is 0 Å². The van der Waals surface area contributed by atoms with E-state index in [1.54, 1.807) is 6.92 Å². The molecule has 186 valence electrons. The van der Waals surface area contributed by atoms with Gasteiger partial charge in [0, 0.05) is 43.3 Å². The second-order valence-electron chi connectivity index (χ2n) is 8.71. The maximum atomic E-state index is 13.8. The first-order valence-corrected chi connectivity index (χ1v) is 15.9. The molecule has 0 amide bonds. The van der Waals surface area contributed by atoms with Crippen molar-refractivity contribution in [2.45, 2.75) is 51.5 Å². The van der Waals surface area contributed by atoms with Crippen LogP contribution in [-0.2, 0) is 9.26 Å². The summed E-state index contributed by atoms with van der Waals surface area (Å²) in [6, 6.07) is 9.28. The molecule has 0 aliphatic carbocycles. The van der Waals surface area contributed by atoms with Crippen molar-refractivity contribution in [3.05, 3.63) is 68.5 Å². The third-order valence-electron chi connectivity index (χ3n) is 6.18. The van der Waals surface area contributed by atoms with Crippen molar-refractivity contribution in [2.24, 2.45) is 0 Å². The Bertz CT molecular complexity index is 1160. The number of aryl methyl sites for hydroxylation is 1. The Balaban J connectivity index is 1.64. The molecule has 2 aliphatic heterocycles. The van der Waals surface area contributed by atoms with Crippen molar-refractivity contribution in [1.82, 2.24) is 14.2 Å². The number of nitrogens with one attached hydrogen (secondary N) is 1. The fourth-order valence-electron chi connectivity index (χ4n) is 4.19. The van der Waals surface area contributed by atoms with Gasteiger partial charge >= 0.3 is 5.69 Å². The van der Waals surface area contributed by atoms with Crippen molar-refractivity contribution >= 4 is 34.9 Å². The highest BCUT2D eigenvalue weighted by Gasteiger charge is 2.46. The van der Waals surface area contributed by atoms with Crippen LogP contribution >= 0.6 is 29.8 Å². The van der Waals surface area contributed by atoms with Gasteiger partial charge < -0.3 is 9.26 Å². The molecule has 2 saturated heterocycles. The Morgan fingerprint density at radius 2 is 2.03 bits per heavy atom. The number of nitrogens with zero attached hydrogens (tertiary/aromatic N) is 2. The molecule has 1 N–H and O–H groups in total. The SMILES string of the molecule is [2H]C[C@H]1O[C@@H](n2cc(C)c(=O)[nH]c2=O)CC1OP(N1CCCC1)S(C)(CS)C(=O)c1ccccc1. The third-order valence-corrected chi connectivity index (χ3v) is 15.8. The normalized spacial score (nSPS) is 27.1. The lowest BCUT2D eigenvalue weighted by atomic mass is 10.2. The van der Waals surface area contributed by atoms with Gasteiger partial charge in [-0.2, -0.15) is 12.6 Å². The Morgan fingerprint density at radius 3 is 2.68 bits per heavy atom. The van der Waals surface area contributed by atoms with E-state index in [9.17, 15) is 14.4 Å². The Morgan fingerprint density at radius 1 is 1.32 bits per heavy atom. The van der Waals surface area contributed by atoms with E-state index in [0.717, 1.165) is 25.9 Å². The van der Waals surface area contributed by atoms with Gasteiger partial charge in [0.2, 0.25) is 5.12 Å². The van der Waals surface area contributed by atoms with E-state index < -0.39 is 46.8 Å². The molecule has 4 rings (SSSR count). The summed E-state index contributed by atoms with van der Waals surface area (Å²) in [6.45, 7) is 3.29. The fraction of sp³-hybridized carbons (Fsp3) is 0.522. The zero-order valence-corrected chi connectivity index (χ0v) is 22.0. The van der Waals surface area contributed by atoms with E-state index in [0.29, 0.717) is 22.6 Å². The summed E-state index contributed by atoms with van der Waals surface area (Å²) >= 11 is 4.65. The van der Waals surface area contributed by atoms with Gasteiger partial charge in [-0.05, 0) is 32.9 Å². The number of carbonyl (C=O) groups is 1. The van der Waals surface area contributed by atoms with Crippen molar-refractivity contribution in [1.29, 1.82) is 0 Å². The molecule has 0 radical (unpaired) electrons. The molecule has 0 saturated carbocycles. The number of hydrogen-bond acceptors (Lipinski definition) is 7. The molecule has 1 aromatic carbocycles. The summed E-state index contributed by atoms with van der Waals surface area (Å²) in [5, 5.41) is 0.459. The van der Waals surface area contributed by atoms with Crippen molar-refractivity contribution < 1.29 is 15.4 Å². The first-order valence-electron chi connectivity index (χ1n) is 11.9. The minimum Gasteiger partial charge on any atom is -0.352 e. The number of H-pyrrole nitrogens is 1. The molecular formula is C23H32N3O5PS2. The Labute approximate surface area is 208 Å². The van der Waals surface area contributed by atoms with Crippen molar-refractivity contribution in [3.8, 4) is 0 Å². The highest BCUT2D eigenvalue weighted by Crippen LogP contribution is 2.78. The van der Waals surface area contributed by atoms with Crippen molar-refractivity contribution in [3.63, 3.8) is 0 Å². The molecule has 0 spiro atoms. The fourth-order valence-corrected chi connectivity index (χ4v) is 12.3. The number of benzene rings is 1. The molecule has 0 bridgehead atoms. The van der Waals surface area contributed by atoms with Crippen molar-refractivity contribution in [2.75, 3.05) is 24.4 Å². The average Bonchev–Trinajstić information content (AvgIpc) is 3.54. The molecule has 2 aromatic rings. The van der Waals surface area contributed by atoms with Gasteiger partial charge in [0.1, 0.15) is 6.23 Å². The summed E-state index contributed by atoms with van der Waals surface area (Å²) in [5.41, 5.74) is 0.0724. The monoisotopic (exact) mass is 526 g/mol. The van der Waals surface area contributed by atoms with Gasteiger partial charge in [0.05, 0.1) is 12.2 Å². The first kappa shape index (κ1) is 24.3. The summed E-state index contributed by atoms with van der Waals surface area (Å²) in [5.74, 6) is 0. The number of rotatable bonds is 7. The predicted octanol–water partition coefficient (Wildman–Crippen LogP) is 4.02. The third kappa shape index (κ3) is 5.08. The van der Waals surface area contributed by atoms with Crippen LogP contribution in [0.15, 0.2) is 46.1 Å². The maximum Gasteiger partial charge on any atom is 0.330 e. The lowest BCUT2D eigenvalue weighted by molar-refractivity contribution is -0.00579. The summed E-state index contributed by atoms with van der Waals surface area (Å²) in [7, 11) is -3.33. The molecule has 3 heterocycles. The van der Waals surface area contributed by atoms with Crippen LogP contribution in [0, 0.1) is 6.92 Å². The Hall–Kier alpha value is -1.42. The number of hydrogen-bond donors (Lipinski definition) is 2. The van der Waals surface area contributed by atoms with Crippen LogP contribution in [-0.4, -0.2) is 56.0 Å². The van der Waals surface area contributed by atoms with Crippen LogP contribution in [0.5, 0.6) is 0 Å². The zero-order chi connectivity index (χ0) is 25.2. The molecule has 5 atom stereocenters. The quantitative estimate of drug-likeness (QED) is 0.418. The molecule has 2 fully saturated rings. The van der Waals surface area contributed by atoms with Gasteiger partial charge in [-0.1, -0.05) is 30.3 Å². The number of ether oxygens (including phenoxy) is 1. The van der Waals surface area contributed by atoms with Gasteiger partial charge in [0.15, 0.2) is 7.50 Å². The highest BCUT2D eigenvalue weighted by atomic mass is 32.8. The molecular weight excluding hydrogens is 493 g/mol. The summed E-state index contributed by atoms with van der Waals surface area (Å²) in [4.78, 5) is 40.3. The number of thiol groups is 1. The van der Waals surface area contributed by atoms with Gasteiger partial charge in [-0.3, -0.25) is 23.8 Å². The van der Waals surface area contributed by atoms with Crippen LogP contribution in [0.3, 0.4) is 0 Å². The van der Waals surface area contributed by atoms with E-state index in [4.69, 9.17) is 10.6 Å². The van der Waals surface area contributed by atoms with Crippen LogP contribution in [0.1, 0.15) is 49.7 Å². The second-order valence-corrected chi connectivity index (χ2v) is 16.8. The van der Waals surface area contributed by atoms with Crippen LogP contribution in [0.25, 0.3) is 0 Å². The highest BCUT2D eigenvalue weighted by molar-refractivity contribution is 8.84. The molecule has 1 aromatic heterocycles. The number of aromatic amines is 1. The van der Waals surface area contributed by atoms with E-state index >= 15 is 0 Å². The van der Waals surface area contributed by atoms with Gasteiger partial charge in [0.25, 0.3) is 5.56 Å². The van der Waals surface area contributed by atoms with E-state index in [-0.39, 0.29) is 12.0 Å². The van der Waals surface area contributed by atoms with Gasteiger partial charge in [-0.15, -0.1) is 9.65 Å². The first-order chi connectivity index (χ1) is 16.8. The lowest BCUT2D eigenvalue weighted by Crippen LogP contribution is -2.33. The summed E-state index contributed by atoms with van der Waals surface area (Å²) < 4.78 is 24.5. The zero-order valence-electron chi connectivity index (χ0n) is 20.4. The topological polar surface area (TPSA) is 93.6 Å². The van der Waals surface area contributed by atoms with E-state index in [1.807, 2.05) is 36.6 Å². The number of aromatic nitrogens is 2. The van der Waals surface area contributed by atoms with E-state index in [2.05, 4.69) is 22.3 Å². The minimum atomic E-state index is -1.99. The number of carbonyl (C=O) groups excluding carboxylic acids is 1.